The lowest BCUT2D eigenvalue weighted by molar-refractivity contribution is -0.111. The van der Waals surface area contributed by atoms with E-state index in [4.69, 9.17) is 9.72 Å². The fraction of sp³-hybridized carbons (Fsp3) is 0.208. The van der Waals surface area contributed by atoms with Crippen LogP contribution in [0.25, 0.3) is 0 Å². The van der Waals surface area contributed by atoms with Crippen molar-refractivity contribution in [3.8, 4) is 0 Å². The first kappa shape index (κ1) is 21.1. The molecule has 1 aromatic heterocycles. The van der Waals surface area contributed by atoms with Crippen LogP contribution in [0.5, 0.6) is 0 Å². The number of benzene rings is 2. The molecule has 0 saturated carbocycles. The van der Waals surface area contributed by atoms with E-state index in [1.54, 1.807) is 6.20 Å². The molecule has 2 heterocycles. The van der Waals surface area contributed by atoms with Gasteiger partial charge in [-0.3, -0.25) is 4.79 Å². The van der Waals surface area contributed by atoms with E-state index in [0.717, 1.165) is 43.3 Å². The van der Waals surface area contributed by atoms with Gasteiger partial charge in [-0.1, -0.05) is 24.8 Å². The zero-order valence-electron chi connectivity index (χ0n) is 17.2. The van der Waals surface area contributed by atoms with E-state index in [0.29, 0.717) is 10.8 Å². The molecule has 1 aliphatic heterocycles. The van der Waals surface area contributed by atoms with Gasteiger partial charge in [0, 0.05) is 47.7 Å². The number of nitrogens with one attached hydrogen (secondary N) is 1. The molecule has 6 nitrogen and oxygen atoms in total. The highest BCUT2D eigenvalue weighted by Gasteiger charge is 2.11. The molecule has 0 atom stereocenters. The lowest BCUT2D eigenvalue weighted by atomic mass is 10.1. The van der Waals surface area contributed by atoms with Crippen LogP contribution in [-0.2, 0) is 16.0 Å². The number of ether oxygens (including phenoxy) is 1. The predicted molar refractivity (Wildman–Crippen MR) is 124 cm³/mol. The molecule has 158 valence electrons. The lowest BCUT2D eigenvalue weighted by Crippen LogP contribution is -2.36. The zero-order chi connectivity index (χ0) is 21.5. The van der Waals surface area contributed by atoms with Gasteiger partial charge in [-0.25, -0.2) is 9.97 Å². The van der Waals surface area contributed by atoms with Gasteiger partial charge in [0.2, 0.25) is 5.91 Å². The quantitative estimate of drug-likeness (QED) is 0.446. The van der Waals surface area contributed by atoms with Gasteiger partial charge in [0.15, 0.2) is 5.16 Å². The summed E-state index contributed by atoms with van der Waals surface area (Å²) in [6.07, 6.45) is 3.78. The Hall–Kier alpha value is -3.16. The number of anilines is 2. The summed E-state index contributed by atoms with van der Waals surface area (Å²) in [7, 11) is 0. The normalized spacial score (nSPS) is 13.6. The summed E-state index contributed by atoms with van der Waals surface area (Å²) in [4.78, 5) is 23.9. The third kappa shape index (κ3) is 5.93. The average molecular weight is 433 g/mol. The van der Waals surface area contributed by atoms with Crippen molar-refractivity contribution in [2.24, 2.45) is 0 Å². The second kappa shape index (κ2) is 10.2. The van der Waals surface area contributed by atoms with Gasteiger partial charge in [0.1, 0.15) is 0 Å². The number of morpholine rings is 1. The Morgan fingerprint density at radius 1 is 1.16 bits per heavy atom. The fourth-order valence-corrected chi connectivity index (χ4v) is 4.13. The van der Waals surface area contributed by atoms with Crippen LogP contribution in [0, 0.1) is 0 Å². The number of rotatable bonds is 7. The largest absolute Gasteiger partial charge is 0.378 e. The molecular formula is C24H24N4O2S. The van der Waals surface area contributed by atoms with Crippen molar-refractivity contribution >= 4 is 29.0 Å². The minimum atomic E-state index is -0.236. The predicted octanol–water partition coefficient (Wildman–Crippen LogP) is 4.18. The fourth-order valence-electron chi connectivity index (χ4n) is 3.32. The molecule has 0 bridgehead atoms. The molecular weight excluding hydrogens is 408 g/mol. The maximum Gasteiger partial charge on any atom is 0.247 e. The molecule has 1 aliphatic rings. The average Bonchev–Trinajstić information content (AvgIpc) is 2.80. The van der Waals surface area contributed by atoms with E-state index in [1.165, 1.54) is 29.1 Å². The number of hydrogen-bond acceptors (Lipinski definition) is 6. The van der Waals surface area contributed by atoms with Gasteiger partial charge < -0.3 is 15.0 Å². The molecule has 2 aromatic carbocycles. The summed E-state index contributed by atoms with van der Waals surface area (Å²) < 4.78 is 5.43. The van der Waals surface area contributed by atoms with Gasteiger partial charge in [-0.15, -0.1) is 0 Å². The highest BCUT2D eigenvalue weighted by Crippen LogP contribution is 2.27. The van der Waals surface area contributed by atoms with Crippen molar-refractivity contribution in [3.63, 3.8) is 0 Å². The van der Waals surface area contributed by atoms with Crippen LogP contribution in [0.4, 0.5) is 11.4 Å². The van der Waals surface area contributed by atoms with Crippen LogP contribution in [0.15, 0.2) is 83.5 Å². The van der Waals surface area contributed by atoms with Gasteiger partial charge >= 0.3 is 0 Å². The second-order valence-corrected chi connectivity index (χ2v) is 8.14. The molecule has 7 heteroatoms. The molecule has 31 heavy (non-hydrogen) atoms. The summed E-state index contributed by atoms with van der Waals surface area (Å²) in [6.45, 7) is 6.91. The minimum Gasteiger partial charge on any atom is -0.378 e. The van der Waals surface area contributed by atoms with Crippen molar-refractivity contribution in [1.82, 2.24) is 9.97 Å². The maximum absolute atomic E-state index is 11.5. The van der Waals surface area contributed by atoms with Crippen LogP contribution in [-0.4, -0.2) is 42.2 Å². The summed E-state index contributed by atoms with van der Waals surface area (Å²) in [6, 6.07) is 18.2. The molecule has 1 amide bonds. The van der Waals surface area contributed by atoms with Crippen LogP contribution in [0.3, 0.4) is 0 Å². The molecule has 0 radical (unpaired) electrons. The molecule has 0 spiro atoms. The van der Waals surface area contributed by atoms with E-state index >= 15 is 0 Å². The van der Waals surface area contributed by atoms with Crippen LogP contribution >= 0.6 is 11.8 Å². The summed E-state index contributed by atoms with van der Waals surface area (Å²) in [5, 5.41) is 3.44. The summed E-state index contributed by atoms with van der Waals surface area (Å²) >= 11 is 1.46. The Morgan fingerprint density at radius 3 is 2.74 bits per heavy atom. The molecule has 3 aromatic rings. The van der Waals surface area contributed by atoms with Crippen molar-refractivity contribution in [1.29, 1.82) is 0 Å². The minimum absolute atomic E-state index is 0.236. The molecule has 1 N–H and O–H groups in total. The molecule has 0 aliphatic carbocycles. The van der Waals surface area contributed by atoms with Crippen molar-refractivity contribution in [3.05, 3.63) is 84.7 Å². The number of hydrogen-bond donors (Lipinski definition) is 1. The van der Waals surface area contributed by atoms with Gasteiger partial charge in [-0.05, 0) is 59.8 Å². The van der Waals surface area contributed by atoms with Crippen molar-refractivity contribution in [2.45, 2.75) is 16.5 Å². The molecule has 1 saturated heterocycles. The number of nitrogens with zero attached hydrogens (tertiary/aromatic N) is 3. The zero-order valence-corrected chi connectivity index (χ0v) is 18.0. The first-order valence-electron chi connectivity index (χ1n) is 10.1. The summed E-state index contributed by atoms with van der Waals surface area (Å²) in [5.41, 5.74) is 4.12. The molecule has 0 unspecified atom stereocenters. The van der Waals surface area contributed by atoms with Crippen LogP contribution < -0.4 is 10.2 Å². The van der Waals surface area contributed by atoms with E-state index < -0.39 is 0 Å². The third-order valence-electron chi connectivity index (χ3n) is 4.89. The number of carbonyl (C=O) groups is 1. The van der Waals surface area contributed by atoms with Crippen LogP contribution in [0.1, 0.15) is 11.3 Å². The van der Waals surface area contributed by atoms with Gasteiger partial charge in [0.25, 0.3) is 0 Å². The van der Waals surface area contributed by atoms with E-state index in [1.807, 2.05) is 30.3 Å². The summed E-state index contributed by atoms with van der Waals surface area (Å²) in [5.74, 6) is -0.236. The smallest absolute Gasteiger partial charge is 0.247 e. The molecule has 1 fully saturated rings. The van der Waals surface area contributed by atoms with Crippen LogP contribution in [0.2, 0.25) is 0 Å². The van der Waals surface area contributed by atoms with Crippen molar-refractivity contribution < 1.29 is 9.53 Å². The topological polar surface area (TPSA) is 67.4 Å². The number of carbonyl (C=O) groups excluding carboxylic acids is 1. The second-order valence-electron chi connectivity index (χ2n) is 7.10. The van der Waals surface area contributed by atoms with E-state index in [9.17, 15) is 4.79 Å². The third-order valence-corrected chi connectivity index (χ3v) is 5.75. The first-order valence-corrected chi connectivity index (χ1v) is 11.0. The van der Waals surface area contributed by atoms with Gasteiger partial charge in [-0.2, -0.15) is 0 Å². The highest BCUT2D eigenvalue weighted by atomic mass is 32.2. The monoisotopic (exact) mass is 432 g/mol. The standard InChI is InChI=1S/C24H24N4O2S/c1-2-23(29)26-19-4-3-5-22(17-19)31-24-25-11-10-20(27-24)16-18-6-8-21(9-7-18)28-12-14-30-15-13-28/h2-11,17H,1,12-16H2,(H,26,29). The Morgan fingerprint density at radius 2 is 1.97 bits per heavy atom. The van der Waals surface area contributed by atoms with Gasteiger partial charge in [0.05, 0.1) is 13.2 Å². The number of amides is 1. The first-order chi connectivity index (χ1) is 15.2. The van der Waals surface area contributed by atoms with Crippen molar-refractivity contribution in [2.75, 3.05) is 36.5 Å². The number of aromatic nitrogens is 2. The maximum atomic E-state index is 11.5. The van der Waals surface area contributed by atoms with E-state index in [2.05, 4.69) is 46.0 Å². The Balaban J connectivity index is 1.41. The lowest BCUT2D eigenvalue weighted by Gasteiger charge is -2.28. The Bertz CT molecular complexity index is 1050. The van der Waals surface area contributed by atoms with E-state index in [-0.39, 0.29) is 5.91 Å². The highest BCUT2D eigenvalue weighted by molar-refractivity contribution is 7.99. The Labute approximate surface area is 186 Å². The Kier molecular flexibility index (Phi) is 6.96. The molecule has 4 rings (SSSR count). The SMILES string of the molecule is C=CC(=O)Nc1cccc(Sc2nccc(Cc3ccc(N4CCOCC4)cc3)n2)c1.